The van der Waals surface area contributed by atoms with Gasteiger partial charge in [0.1, 0.15) is 18.8 Å². The van der Waals surface area contributed by atoms with Crippen LogP contribution in [0.5, 0.6) is 0 Å². The third-order valence-electron chi connectivity index (χ3n) is 3.46. The van der Waals surface area contributed by atoms with Crippen LogP contribution in [0.25, 0.3) is 0 Å². The van der Waals surface area contributed by atoms with Crippen molar-refractivity contribution in [2.45, 2.75) is 26.9 Å². The SMILES string of the molecule is CCN1CN(CC)C(c2ncncn2)N(CC)C1. The number of nitrogens with zero attached hydrogens (tertiary/aromatic N) is 6. The van der Waals surface area contributed by atoms with Gasteiger partial charge in [-0.2, -0.15) is 0 Å². The van der Waals surface area contributed by atoms with E-state index in [4.69, 9.17) is 0 Å². The highest BCUT2D eigenvalue weighted by Gasteiger charge is 2.33. The third-order valence-corrected chi connectivity index (χ3v) is 3.46. The van der Waals surface area contributed by atoms with E-state index in [1.54, 1.807) is 12.7 Å². The molecule has 2 rings (SSSR count). The predicted octanol–water partition coefficient (Wildman–Crippen LogP) is 0.764. The molecule has 1 aromatic rings. The summed E-state index contributed by atoms with van der Waals surface area (Å²) in [4.78, 5) is 19.8. The first kappa shape index (κ1) is 13.3. The standard InChI is InChI=1S/C12H22N6/c1-4-16-9-17(5-2)12(18(6-3)10-16)11-14-7-13-8-15-11/h7-8,12H,4-6,9-10H2,1-3H3. The summed E-state index contributed by atoms with van der Waals surface area (Å²) < 4.78 is 0. The van der Waals surface area contributed by atoms with Crippen LogP contribution in [0.3, 0.4) is 0 Å². The van der Waals surface area contributed by atoms with Crippen LogP contribution in [0, 0.1) is 0 Å². The topological polar surface area (TPSA) is 48.4 Å². The van der Waals surface area contributed by atoms with E-state index in [9.17, 15) is 0 Å². The maximum absolute atomic E-state index is 4.33. The highest BCUT2D eigenvalue weighted by atomic mass is 15.5. The smallest absolute Gasteiger partial charge is 0.163 e. The minimum absolute atomic E-state index is 0.172. The lowest BCUT2D eigenvalue weighted by Crippen LogP contribution is -2.56. The van der Waals surface area contributed by atoms with Gasteiger partial charge in [-0.1, -0.05) is 20.8 Å². The van der Waals surface area contributed by atoms with Gasteiger partial charge >= 0.3 is 0 Å². The Hall–Kier alpha value is -1.11. The molecule has 0 unspecified atom stereocenters. The van der Waals surface area contributed by atoms with Crippen molar-refractivity contribution in [1.82, 2.24) is 29.7 Å². The van der Waals surface area contributed by atoms with Gasteiger partial charge in [-0.25, -0.2) is 15.0 Å². The lowest BCUT2D eigenvalue weighted by Gasteiger charge is -2.46. The van der Waals surface area contributed by atoms with E-state index in [-0.39, 0.29) is 6.17 Å². The normalized spacial score (nSPS) is 20.4. The molecule has 1 fully saturated rings. The first-order valence-corrected chi connectivity index (χ1v) is 6.62. The predicted molar refractivity (Wildman–Crippen MR) is 69.4 cm³/mol. The molecule has 0 bridgehead atoms. The second-order valence-corrected chi connectivity index (χ2v) is 4.45. The second kappa shape index (κ2) is 6.17. The van der Waals surface area contributed by atoms with Crippen molar-refractivity contribution in [1.29, 1.82) is 0 Å². The molecule has 1 aromatic heterocycles. The van der Waals surface area contributed by atoms with E-state index in [1.165, 1.54) is 0 Å². The van der Waals surface area contributed by atoms with Crippen LogP contribution in [0.2, 0.25) is 0 Å². The molecular weight excluding hydrogens is 228 g/mol. The summed E-state index contributed by atoms with van der Waals surface area (Å²) >= 11 is 0. The summed E-state index contributed by atoms with van der Waals surface area (Å²) in [7, 11) is 0. The summed E-state index contributed by atoms with van der Waals surface area (Å²) in [6.45, 7) is 11.6. The van der Waals surface area contributed by atoms with Crippen LogP contribution in [-0.2, 0) is 0 Å². The molecular formula is C12H22N6. The van der Waals surface area contributed by atoms with Gasteiger partial charge in [0.25, 0.3) is 0 Å². The number of aromatic nitrogens is 3. The zero-order valence-corrected chi connectivity index (χ0v) is 11.5. The Balaban J connectivity index is 2.24. The summed E-state index contributed by atoms with van der Waals surface area (Å²) in [5.74, 6) is 0.851. The van der Waals surface area contributed by atoms with Crippen LogP contribution in [0.1, 0.15) is 32.8 Å². The molecule has 0 aromatic carbocycles. The molecule has 100 valence electrons. The highest BCUT2D eigenvalue weighted by molar-refractivity contribution is 4.94. The monoisotopic (exact) mass is 250 g/mol. The minimum atomic E-state index is 0.172. The zero-order valence-electron chi connectivity index (χ0n) is 11.5. The Morgan fingerprint density at radius 3 is 2.00 bits per heavy atom. The molecule has 1 saturated heterocycles. The van der Waals surface area contributed by atoms with Crippen LogP contribution in [0.15, 0.2) is 12.7 Å². The zero-order chi connectivity index (χ0) is 13.0. The average molecular weight is 250 g/mol. The lowest BCUT2D eigenvalue weighted by molar-refractivity contribution is -0.0843. The van der Waals surface area contributed by atoms with Crippen LogP contribution in [0.4, 0.5) is 0 Å². The van der Waals surface area contributed by atoms with Gasteiger partial charge in [-0.15, -0.1) is 0 Å². The number of rotatable bonds is 4. The van der Waals surface area contributed by atoms with E-state index in [0.29, 0.717) is 0 Å². The quantitative estimate of drug-likeness (QED) is 0.786. The fourth-order valence-corrected chi connectivity index (χ4v) is 2.40. The van der Waals surface area contributed by atoms with Gasteiger partial charge in [-0.05, 0) is 19.6 Å². The summed E-state index contributed by atoms with van der Waals surface area (Å²) in [5.41, 5.74) is 0. The third kappa shape index (κ3) is 2.66. The van der Waals surface area contributed by atoms with Gasteiger partial charge in [0.15, 0.2) is 5.82 Å². The molecule has 0 N–H and O–H groups in total. The number of hydrogen-bond donors (Lipinski definition) is 0. The van der Waals surface area contributed by atoms with E-state index < -0.39 is 0 Å². The molecule has 0 spiro atoms. The molecule has 0 amide bonds. The molecule has 2 heterocycles. The van der Waals surface area contributed by atoms with Crippen LogP contribution >= 0.6 is 0 Å². The number of hydrogen-bond acceptors (Lipinski definition) is 6. The Kier molecular flexibility index (Phi) is 4.57. The van der Waals surface area contributed by atoms with E-state index >= 15 is 0 Å². The van der Waals surface area contributed by atoms with Gasteiger partial charge < -0.3 is 0 Å². The van der Waals surface area contributed by atoms with Crippen molar-refractivity contribution >= 4 is 0 Å². The van der Waals surface area contributed by atoms with Crippen LogP contribution in [-0.4, -0.2) is 62.6 Å². The maximum atomic E-state index is 4.33. The van der Waals surface area contributed by atoms with E-state index in [2.05, 4.69) is 50.4 Å². The van der Waals surface area contributed by atoms with Crippen molar-refractivity contribution in [3.63, 3.8) is 0 Å². The molecule has 6 nitrogen and oxygen atoms in total. The summed E-state index contributed by atoms with van der Waals surface area (Å²) in [5, 5.41) is 0. The summed E-state index contributed by atoms with van der Waals surface area (Å²) in [6, 6.07) is 0. The van der Waals surface area contributed by atoms with Gasteiger partial charge in [0.2, 0.25) is 0 Å². The Bertz CT molecular complexity index is 343. The van der Waals surface area contributed by atoms with Crippen molar-refractivity contribution < 1.29 is 0 Å². The average Bonchev–Trinajstić information content (AvgIpc) is 2.46. The van der Waals surface area contributed by atoms with E-state index in [0.717, 1.165) is 38.8 Å². The molecule has 0 saturated carbocycles. The largest absolute Gasteiger partial charge is 0.278 e. The molecule has 1 aliphatic rings. The fraction of sp³-hybridized carbons (Fsp3) is 0.750. The molecule has 0 atom stereocenters. The Labute approximate surface area is 109 Å². The van der Waals surface area contributed by atoms with Crippen LogP contribution < -0.4 is 0 Å². The molecule has 0 aliphatic carbocycles. The van der Waals surface area contributed by atoms with Crippen molar-refractivity contribution in [3.8, 4) is 0 Å². The Morgan fingerprint density at radius 2 is 1.56 bits per heavy atom. The van der Waals surface area contributed by atoms with E-state index in [1.807, 2.05) is 0 Å². The van der Waals surface area contributed by atoms with Crippen molar-refractivity contribution in [3.05, 3.63) is 18.5 Å². The van der Waals surface area contributed by atoms with Gasteiger partial charge in [0, 0.05) is 0 Å². The maximum Gasteiger partial charge on any atom is 0.163 e. The second-order valence-electron chi connectivity index (χ2n) is 4.45. The first-order chi connectivity index (χ1) is 8.80. The highest BCUT2D eigenvalue weighted by Crippen LogP contribution is 2.25. The summed E-state index contributed by atoms with van der Waals surface area (Å²) in [6.07, 6.45) is 3.33. The lowest BCUT2D eigenvalue weighted by atomic mass is 10.3. The Morgan fingerprint density at radius 1 is 1.00 bits per heavy atom. The molecule has 0 radical (unpaired) electrons. The van der Waals surface area contributed by atoms with Crippen molar-refractivity contribution in [2.24, 2.45) is 0 Å². The molecule has 1 aliphatic heterocycles. The molecule has 6 heteroatoms. The first-order valence-electron chi connectivity index (χ1n) is 6.62. The fourth-order valence-electron chi connectivity index (χ4n) is 2.40. The van der Waals surface area contributed by atoms with Gasteiger partial charge in [-0.3, -0.25) is 14.7 Å². The minimum Gasteiger partial charge on any atom is -0.278 e. The molecule has 18 heavy (non-hydrogen) atoms. The van der Waals surface area contributed by atoms with Crippen molar-refractivity contribution in [2.75, 3.05) is 33.0 Å². The van der Waals surface area contributed by atoms with Gasteiger partial charge in [0.05, 0.1) is 13.3 Å².